The van der Waals surface area contributed by atoms with Crippen LogP contribution in [0, 0.1) is 10.1 Å². The zero-order valence-electron chi connectivity index (χ0n) is 15.5. The van der Waals surface area contributed by atoms with E-state index in [1.807, 2.05) is 0 Å². The Morgan fingerprint density at radius 2 is 2.10 bits per heavy atom. The van der Waals surface area contributed by atoms with Crippen LogP contribution in [0.2, 0.25) is 0 Å². The molecule has 0 radical (unpaired) electrons. The third kappa shape index (κ3) is 5.78. The molecule has 1 fully saturated rings. The molecule has 1 aliphatic rings. The van der Waals surface area contributed by atoms with Crippen LogP contribution in [0.5, 0.6) is 11.5 Å². The number of nitro groups is 1. The molecular weight excluding hydrogens is 424 g/mol. The van der Waals surface area contributed by atoms with E-state index in [2.05, 4.69) is 20.3 Å². The van der Waals surface area contributed by atoms with Gasteiger partial charge in [-0.15, -0.1) is 5.10 Å². The van der Waals surface area contributed by atoms with Crippen LogP contribution in [-0.4, -0.2) is 60.1 Å². The fourth-order valence-corrected chi connectivity index (χ4v) is 2.77. The second-order valence-corrected chi connectivity index (χ2v) is 6.27. The Hall–Kier alpha value is -3.94. The molecule has 1 amide bonds. The number of non-ortho nitro benzene ring substituents is 1. The molecule has 0 spiro atoms. The van der Waals surface area contributed by atoms with Gasteiger partial charge in [0.15, 0.2) is 23.3 Å². The van der Waals surface area contributed by atoms with Crippen LogP contribution in [0.15, 0.2) is 33.3 Å². The summed E-state index contributed by atoms with van der Waals surface area (Å²) in [5.41, 5.74) is -0.332. The number of amidine groups is 1. The van der Waals surface area contributed by atoms with E-state index in [0.29, 0.717) is 0 Å². The van der Waals surface area contributed by atoms with Gasteiger partial charge in [0.1, 0.15) is 0 Å². The number of nitrogens with zero attached hydrogens (tertiary/aromatic N) is 3. The number of carboxylic acids is 1. The minimum Gasteiger partial charge on any atom is -0.493 e. The molecule has 14 heteroatoms. The second kappa shape index (κ2) is 10.0. The van der Waals surface area contributed by atoms with E-state index in [4.69, 9.17) is 14.6 Å². The highest BCUT2D eigenvalue weighted by atomic mass is 32.2. The lowest BCUT2D eigenvalue weighted by atomic mass is 10.1. The number of carboxylic acid groups (broad SMARTS) is 1. The van der Waals surface area contributed by atoms with Gasteiger partial charge in [-0.1, -0.05) is 0 Å². The average Bonchev–Trinajstić information content (AvgIpc) is 3.04. The van der Waals surface area contributed by atoms with Crippen LogP contribution in [0.1, 0.15) is 5.56 Å². The number of benzene rings is 1. The van der Waals surface area contributed by atoms with E-state index in [0.717, 1.165) is 43.3 Å². The van der Waals surface area contributed by atoms with E-state index in [1.54, 1.807) is 0 Å². The van der Waals surface area contributed by atoms with Crippen molar-refractivity contribution in [1.29, 1.82) is 0 Å². The number of aliphatic carboxylic acids is 1. The first-order valence-electron chi connectivity index (χ1n) is 7.86. The van der Waals surface area contributed by atoms with Crippen molar-refractivity contribution in [2.45, 2.75) is 0 Å². The molecule has 13 nitrogen and oxygen atoms in total. The summed E-state index contributed by atoms with van der Waals surface area (Å²) in [6.07, 6.45) is 2.05. The lowest BCUT2D eigenvalue weighted by Crippen LogP contribution is -2.19. The highest BCUT2D eigenvalue weighted by molar-refractivity contribution is 8.18. The van der Waals surface area contributed by atoms with Crippen LogP contribution in [0.3, 0.4) is 0 Å². The molecule has 0 atom stereocenters. The van der Waals surface area contributed by atoms with Crippen molar-refractivity contribution in [3.63, 3.8) is 0 Å². The third-order valence-electron chi connectivity index (χ3n) is 3.29. The molecule has 0 aliphatic carbocycles. The van der Waals surface area contributed by atoms with Crippen LogP contribution in [0.4, 0.5) is 5.69 Å². The summed E-state index contributed by atoms with van der Waals surface area (Å²) in [6, 6.07) is 2.16. The Morgan fingerprint density at radius 1 is 1.37 bits per heavy atom. The quantitative estimate of drug-likeness (QED) is 0.193. The van der Waals surface area contributed by atoms with Gasteiger partial charge >= 0.3 is 11.9 Å². The van der Waals surface area contributed by atoms with Crippen molar-refractivity contribution >= 4 is 46.7 Å². The Balaban J connectivity index is 2.33. The molecule has 2 rings (SSSR count). The predicted octanol–water partition coefficient (Wildman–Crippen LogP) is 0.677. The number of ether oxygens (including phenoxy) is 3. The fourth-order valence-electron chi connectivity index (χ4n) is 2.03. The molecule has 0 saturated carbocycles. The number of methoxy groups -OCH3 is 2. The summed E-state index contributed by atoms with van der Waals surface area (Å²) < 4.78 is 14.6. The predicted molar refractivity (Wildman–Crippen MR) is 104 cm³/mol. The van der Waals surface area contributed by atoms with Gasteiger partial charge in [0.2, 0.25) is 0 Å². The van der Waals surface area contributed by atoms with Crippen LogP contribution >= 0.6 is 11.8 Å². The number of carbonyl (C=O) groups excluding carboxylic acids is 2. The van der Waals surface area contributed by atoms with E-state index in [1.165, 1.54) is 7.11 Å². The number of rotatable bonds is 8. The number of hydrogen-bond donors (Lipinski definition) is 2. The minimum atomic E-state index is -1.27. The van der Waals surface area contributed by atoms with Crippen molar-refractivity contribution in [2.75, 3.05) is 20.8 Å². The summed E-state index contributed by atoms with van der Waals surface area (Å²) in [6.45, 7) is -0.725. The zero-order valence-corrected chi connectivity index (χ0v) is 16.3. The van der Waals surface area contributed by atoms with Crippen LogP contribution in [-0.2, 0) is 19.1 Å². The smallest absolute Gasteiger partial charge is 0.341 e. The number of nitrogens with one attached hydrogen (secondary N) is 1. The first-order valence-corrected chi connectivity index (χ1v) is 8.67. The maximum Gasteiger partial charge on any atom is 0.341 e. The average molecular weight is 438 g/mol. The standard InChI is InChI=1S/C16H14N4O9S/c1-27-10-4-9(20(25)26)3-8(14(10)29-7-12(21)22)6-17-19-16-18-15(24)11(30-16)5-13(23)28-2/h3-6H,7H2,1-2H3,(H,21,22)(H,18,19,24)/b11-5+,17-6?. The fraction of sp³-hybridized carbons (Fsp3) is 0.188. The highest BCUT2D eigenvalue weighted by Gasteiger charge is 2.25. The first kappa shape index (κ1) is 22.4. The first-order chi connectivity index (χ1) is 14.2. The zero-order chi connectivity index (χ0) is 22.3. The van der Waals surface area contributed by atoms with Gasteiger partial charge in [0.05, 0.1) is 36.3 Å². The van der Waals surface area contributed by atoms with Gasteiger partial charge in [0, 0.05) is 17.7 Å². The van der Waals surface area contributed by atoms with E-state index in [9.17, 15) is 24.5 Å². The van der Waals surface area contributed by atoms with Crippen molar-refractivity contribution in [2.24, 2.45) is 10.2 Å². The molecule has 2 N–H and O–H groups in total. The molecule has 1 aliphatic heterocycles. The van der Waals surface area contributed by atoms with Gasteiger partial charge < -0.3 is 19.3 Å². The number of nitro benzene ring substituents is 1. The van der Waals surface area contributed by atoms with Gasteiger partial charge in [-0.3, -0.25) is 20.2 Å². The maximum atomic E-state index is 11.8. The van der Waals surface area contributed by atoms with E-state index < -0.39 is 29.4 Å². The molecular formula is C16H14N4O9S. The maximum absolute atomic E-state index is 11.8. The van der Waals surface area contributed by atoms with E-state index >= 15 is 0 Å². The Bertz CT molecular complexity index is 987. The van der Waals surface area contributed by atoms with E-state index in [-0.39, 0.29) is 32.8 Å². The molecule has 1 saturated heterocycles. The topological polar surface area (TPSA) is 179 Å². The molecule has 158 valence electrons. The third-order valence-corrected chi connectivity index (χ3v) is 4.19. The summed E-state index contributed by atoms with van der Waals surface area (Å²) in [7, 11) is 2.39. The van der Waals surface area contributed by atoms with Gasteiger partial charge in [-0.05, 0) is 11.8 Å². The molecule has 1 aromatic carbocycles. The monoisotopic (exact) mass is 438 g/mol. The SMILES string of the molecule is COC(=O)/C=C1/S/C(=N\N=Cc2cc([N+](=O)[O-])cc(OC)c2OCC(=O)O)NC1=O. The van der Waals surface area contributed by atoms with Crippen molar-refractivity contribution < 1.29 is 38.6 Å². The summed E-state index contributed by atoms with van der Waals surface area (Å²) in [5.74, 6) is -2.74. The van der Waals surface area contributed by atoms with Gasteiger partial charge in [-0.2, -0.15) is 5.10 Å². The Labute approximate surface area is 172 Å². The number of thioether (sulfide) groups is 1. The lowest BCUT2D eigenvalue weighted by Gasteiger charge is -2.11. The van der Waals surface area contributed by atoms with Crippen molar-refractivity contribution in [1.82, 2.24) is 5.32 Å². The number of hydrogen-bond acceptors (Lipinski definition) is 11. The molecule has 0 unspecified atom stereocenters. The molecule has 1 heterocycles. The Morgan fingerprint density at radius 3 is 2.70 bits per heavy atom. The van der Waals surface area contributed by atoms with Crippen LogP contribution < -0.4 is 14.8 Å². The summed E-state index contributed by atoms with van der Waals surface area (Å²) in [4.78, 5) is 44.3. The normalized spacial score (nSPS) is 16.0. The molecule has 0 bridgehead atoms. The minimum absolute atomic E-state index is 0.0197. The number of amides is 1. The van der Waals surface area contributed by atoms with Gasteiger partial charge in [-0.25, -0.2) is 9.59 Å². The number of esters is 1. The second-order valence-electron chi connectivity index (χ2n) is 5.24. The van der Waals surface area contributed by atoms with Crippen molar-refractivity contribution in [3.05, 3.63) is 38.8 Å². The lowest BCUT2D eigenvalue weighted by molar-refractivity contribution is -0.385. The summed E-state index contributed by atoms with van der Waals surface area (Å²) >= 11 is 0.826. The number of carbonyl (C=O) groups is 3. The molecule has 30 heavy (non-hydrogen) atoms. The highest BCUT2D eigenvalue weighted by Crippen LogP contribution is 2.35. The van der Waals surface area contributed by atoms with Crippen molar-refractivity contribution in [3.8, 4) is 11.5 Å². The molecule has 1 aromatic rings. The molecule has 0 aromatic heterocycles. The van der Waals surface area contributed by atoms with Gasteiger partial charge in [0.25, 0.3) is 11.6 Å². The Kier molecular flexibility index (Phi) is 7.46. The van der Waals surface area contributed by atoms with Crippen LogP contribution in [0.25, 0.3) is 0 Å². The largest absolute Gasteiger partial charge is 0.493 e. The summed E-state index contributed by atoms with van der Waals surface area (Å²) in [5, 5.41) is 29.8.